The van der Waals surface area contributed by atoms with Gasteiger partial charge in [-0.2, -0.15) is 9.97 Å². The summed E-state index contributed by atoms with van der Waals surface area (Å²) in [6.45, 7) is 2.84. The van der Waals surface area contributed by atoms with Gasteiger partial charge in [-0.1, -0.05) is 12.1 Å². The highest BCUT2D eigenvalue weighted by Crippen LogP contribution is 2.41. The maximum absolute atomic E-state index is 13.3. The van der Waals surface area contributed by atoms with Gasteiger partial charge in [0.15, 0.2) is 0 Å². The van der Waals surface area contributed by atoms with Crippen molar-refractivity contribution in [3.63, 3.8) is 0 Å². The molecular formula is C25H24FN7O3. The number of hydrogen-bond acceptors (Lipinski definition) is 10. The van der Waals surface area contributed by atoms with E-state index in [-0.39, 0.29) is 18.3 Å². The van der Waals surface area contributed by atoms with Crippen LogP contribution in [0.1, 0.15) is 37.8 Å². The molecule has 2 aromatic heterocycles. The Kier molecular flexibility index (Phi) is 6.13. The van der Waals surface area contributed by atoms with Crippen LogP contribution in [0.5, 0.6) is 0 Å². The van der Waals surface area contributed by atoms with Crippen LogP contribution in [0.15, 0.2) is 48.9 Å². The molecule has 2 fully saturated rings. The minimum atomic E-state index is -0.892. The SMILES string of the molecule is C[C@H](Nc1nc(Nc2cnccn2)cc(N2CCC3(CC2)CC(=O)C(=O)C3=O)n1)c1ccc(F)cc1. The highest BCUT2D eigenvalue weighted by atomic mass is 19.1. The molecule has 36 heavy (non-hydrogen) atoms. The van der Waals surface area contributed by atoms with Crippen molar-refractivity contribution in [2.75, 3.05) is 28.6 Å². The van der Waals surface area contributed by atoms with E-state index in [9.17, 15) is 18.8 Å². The molecule has 1 aliphatic heterocycles. The average Bonchev–Trinajstić information content (AvgIpc) is 3.08. The van der Waals surface area contributed by atoms with Gasteiger partial charge in [-0.15, -0.1) is 0 Å². The van der Waals surface area contributed by atoms with Gasteiger partial charge in [-0.25, -0.2) is 9.37 Å². The second-order valence-corrected chi connectivity index (χ2v) is 9.09. The highest BCUT2D eigenvalue weighted by Gasteiger charge is 2.53. The van der Waals surface area contributed by atoms with Crippen LogP contribution in [-0.4, -0.2) is 50.4 Å². The van der Waals surface area contributed by atoms with Crippen molar-refractivity contribution in [1.29, 1.82) is 0 Å². The van der Waals surface area contributed by atoms with Crippen molar-refractivity contribution in [3.05, 3.63) is 60.3 Å². The molecule has 1 spiro atoms. The van der Waals surface area contributed by atoms with E-state index in [0.717, 1.165) is 5.56 Å². The third kappa shape index (κ3) is 4.64. The summed E-state index contributed by atoms with van der Waals surface area (Å²) < 4.78 is 13.3. The lowest BCUT2D eigenvalue weighted by Crippen LogP contribution is -2.43. The van der Waals surface area contributed by atoms with Crippen LogP contribution in [0.25, 0.3) is 0 Å². The van der Waals surface area contributed by atoms with Crippen molar-refractivity contribution in [1.82, 2.24) is 19.9 Å². The second kappa shape index (κ2) is 9.40. The topological polar surface area (TPSA) is 130 Å². The predicted molar refractivity (Wildman–Crippen MR) is 129 cm³/mol. The molecule has 1 aromatic carbocycles. The molecule has 3 heterocycles. The van der Waals surface area contributed by atoms with Gasteiger partial charge < -0.3 is 15.5 Å². The van der Waals surface area contributed by atoms with E-state index in [1.165, 1.54) is 12.1 Å². The van der Waals surface area contributed by atoms with Crippen molar-refractivity contribution in [3.8, 4) is 0 Å². The van der Waals surface area contributed by atoms with Crippen molar-refractivity contribution in [2.24, 2.45) is 5.41 Å². The lowest BCUT2D eigenvalue weighted by molar-refractivity contribution is -0.142. The Morgan fingerprint density at radius 2 is 1.78 bits per heavy atom. The predicted octanol–water partition coefficient (Wildman–Crippen LogP) is 3.02. The molecule has 2 aliphatic rings. The van der Waals surface area contributed by atoms with Crippen LogP contribution < -0.4 is 15.5 Å². The zero-order valence-electron chi connectivity index (χ0n) is 19.6. The van der Waals surface area contributed by atoms with Crippen LogP contribution in [0, 0.1) is 11.2 Å². The molecular weight excluding hydrogens is 465 g/mol. The maximum Gasteiger partial charge on any atom is 0.264 e. The largest absolute Gasteiger partial charge is 0.356 e. The standard InChI is InChI=1S/C25H24FN7O3/c1-15(16-2-4-17(26)5-3-16)29-24-31-19(30-20-14-27-8-9-28-20)12-21(32-24)33-10-6-25(7-11-33)13-18(34)22(35)23(25)36/h2-5,8-9,12,14-15H,6-7,10-11,13H2,1H3,(H2,28,29,30,31,32)/t15-/m0/s1. The zero-order chi connectivity index (χ0) is 25.3. The van der Waals surface area contributed by atoms with Crippen LogP contribution in [0.2, 0.25) is 0 Å². The number of Topliss-reactive ketones (excluding diaryl/α,β-unsaturated/α-hetero) is 3. The summed E-state index contributed by atoms with van der Waals surface area (Å²) in [5, 5.41) is 6.39. The van der Waals surface area contributed by atoms with E-state index in [4.69, 9.17) is 0 Å². The summed E-state index contributed by atoms with van der Waals surface area (Å²) in [6, 6.07) is 7.75. The Labute approximate surface area is 206 Å². The van der Waals surface area contributed by atoms with Gasteiger partial charge in [0.2, 0.25) is 17.5 Å². The van der Waals surface area contributed by atoms with Gasteiger partial charge >= 0.3 is 0 Å². The van der Waals surface area contributed by atoms with Crippen LogP contribution in [0.4, 0.5) is 27.8 Å². The van der Waals surface area contributed by atoms with Gasteiger partial charge in [0, 0.05) is 43.4 Å². The number of anilines is 4. The number of benzene rings is 1. The quantitative estimate of drug-likeness (QED) is 0.498. The number of carbonyl (C=O) groups is 3. The zero-order valence-corrected chi connectivity index (χ0v) is 19.6. The van der Waals surface area contributed by atoms with Crippen LogP contribution in [-0.2, 0) is 14.4 Å². The molecule has 5 rings (SSSR count). The summed E-state index contributed by atoms with van der Waals surface area (Å²) in [5.74, 6) is -0.388. The lowest BCUT2D eigenvalue weighted by Gasteiger charge is -2.37. The number of nitrogens with one attached hydrogen (secondary N) is 2. The lowest BCUT2D eigenvalue weighted by atomic mass is 9.76. The van der Waals surface area contributed by atoms with Crippen molar-refractivity contribution < 1.29 is 18.8 Å². The molecule has 0 radical (unpaired) electrons. The molecule has 0 bridgehead atoms. The van der Waals surface area contributed by atoms with E-state index < -0.39 is 22.8 Å². The molecule has 0 unspecified atom stereocenters. The van der Waals surface area contributed by atoms with Crippen molar-refractivity contribution >= 4 is 40.8 Å². The normalized spacial score (nSPS) is 17.9. The monoisotopic (exact) mass is 489 g/mol. The summed E-state index contributed by atoms with van der Waals surface area (Å²) in [4.78, 5) is 55.7. The van der Waals surface area contributed by atoms with E-state index in [1.54, 1.807) is 36.8 Å². The minimum Gasteiger partial charge on any atom is -0.356 e. The third-order valence-corrected chi connectivity index (χ3v) is 6.73. The first-order valence-electron chi connectivity index (χ1n) is 11.6. The smallest absolute Gasteiger partial charge is 0.264 e. The van der Waals surface area contributed by atoms with E-state index in [0.29, 0.717) is 49.3 Å². The number of halogens is 1. The van der Waals surface area contributed by atoms with Gasteiger partial charge in [-0.05, 0) is 37.5 Å². The van der Waals surface area contributed by atoms with Gasteiger partial charge in [0.05, 0.1) is 12.2 Å². The summed E-state index contributed by atoms with van der Waals surface area (Å²) in [5.41, 5.74) is -0.0285. The first-order chi connectivity index (χ1) is 17.3. The first-order valence-corrected chi connectivity index (χ1v) is 11.6. The molecule has 11 heteroatoms. The van der Waals surface area contributed by atoms with Crippen LogP contribution in [0.3, 0.4) is 0 Å². The van der Waals surface area contributed by atoms with Crippen LogP contribution >= 0.6 is 0 Å². The Hall–Kier alpha value is -4.28. The number of rotatable bonds is 6. The fraction of sp³-hybridized carbons (Fsp3) is 0.320. The number of aromatic nitrogens is 4. The number of ketones is 3. The van der Waals surface area contributed by atoms with Gasteiger partial charge in [0.1, 0.15) is 23.3 Å². The fourth-order valence-electron chi connectivity index (χ4n) is 4.65. The molecule has 10 nitrogen and oxygen atoms in total. The molecule has 1 saturated carbocycles. The molecule has 1 atom stereocenters. The minimum absolute atomic E-state index is 0.0102. The number of hydrogen-bond donors (Lipinski definition) is 2. The Bertz CT molecular complexity index is 1310. The summed E-state index contributed by atoms with van der Waals surface area (Å²) >= 11 is 0. The number of piperidine rings is 1. The first kappa shape index (κ1) is 23.5. The molecule has 1 saturated heterocycles. The number of carbonyl (C=O) groups excluding carboxylic acids is 3. The Morgan fingerprint density at radius 3 is 2.42 bits per heavy atom. The average molecular weight is 490 g/mol. The Morgan fingerprint density at radius 1 is 1.03 bits per heavy atom. The van der Waals surface area contributed by atoms with E-state index in [1.807, 2.05) is 11.8 Å². The number of nitrogens with zero attached hydrogens (tertiary/aromatic N) is 5. The Balaban J connectivity index is 1.39. The molecule has 0 amide bonds. The molecule has 3 aromatic rings. The van der Waals surface area contributed by atoms with E-state index in [2.05, 4.69) is 30.6 Å². The molecule has 184 valence electrons. The fourth-order valence-corrected chi connectivity index (χ4v) is 4.65. The summed E-state index contributed by atoms with van der Waals surface area (Å²) in [7, 11) is 0. The van der Waals surface area contributed by atoms with Gasteiger partial charge in [-0.3, -0.25) is 19.4 Å². The maximum atomic E-state index is 13.3. The van der Waals surface area contributed by atoms with Gasteiger partial charge in [0.25, 0.3) is 5.78 Å². The highest BCUT2D eigenvalue weighted by molar-refractivity contribution is 6.68. The van der Waals surface area contributed by atoms with E-state index >= 15 is 0 Å². The molecule has 1 aliphatic carbocycles. The third-order valence-electron chi connectivity index (χ3n) is 6.73. The second-order valence-electron chi connectivity index (χ2n) is 9.09. The molecule has 2 N–H and O–H groups in total. The van der Waals surface area contributed by atoms with Crippen molar-refractivity contribution in [2.45, 2.75) is 32.2 Å². The summed E-state index contributed by atoms with van der Waals surface area (Å²) in [6.07, 6.45) is 5.48.